The van der Waals surface area contributed by atoms with Gasteiger partial charge in [-0.05, 0) is 92.1 Å². The van der Waals surface area contributed by atoms with Gasteiger partial charge in [0.25, 0.3) is 0 Å². The second kappa shape index (κ2) is 5.36. The molecule has 0 saturated carbocycles. The molecule has 0 amide bonds. The molecular formula is C19H22O2. The third-order valence-corrected chi connectivity index (χ3v) is 4.83. The van der Waals surface area contributed by atoms with E-state index in [9.17, 15) is 9.90 Å². The summed E-state index contributed by atoms with van der Waals surface area (Å²) >= 11 is 0. The van der Waals surface area contributed by atoms with Crippen LogP contribution in [-0.2, 0) is 0 Å². The molecule has 0 saturated heterocycles. The SMILES string of the molecule is Cc1c(C(=O)O)cccc1-c1c(C)c(C)c(C)c(C)c1C. The van der Waals surface area contributed by atoms with Gasteiger partial charge in [-0.3, -0.25) is 0 Å². The van der Waals surface area contributed by atoms with Crippen LogP contribution in [0.3, 0.4) is 0 Å². The summed E-state index contributed by atoms with van der Waals surface area (Å²) in [6, 6.07) is 5.51. The molecule has 2 aromatic carbocycles. The maximum Gasteiger partial charge on any atom is 0.335 e. The highest BCUT2D eigenvalue weighted by molar-refractivity contribution is 5.92. The number of hydrogen-bond donors (Lipinski definition) is 1. The Morgan fingerprint density at radius 2 is 1.24 bits per heavy atom. The zero-order chi connectivity index (χ0) is 15.9. The minimum Gasteiger partial charge on any atom is -0.478 e. The molecule has 0 unspecified atom stereocenters. The third kappa shape index (κ3) is 2.35. The number of benzene rings is 2. The highest BCUT2D eigenvalue weighted by Gasteiger charge is 2.17. The summed E-state index contributed by atoms with van der Waals surface area (Å²) in [5, 5.41) is 9.33. The second-order valence-electron chi connectivity index (χ2n) is 5.78. The van der Waals surface area contributed by atoms with Gasteiger partial charge in [0.05, 0.1) is 5.56 Å². The minimum atomic E-state index is -0.870. The molecule has 2 heteroatoms. The molecule has 0 heterocycles. The molecule has 0 fully saturated rings. The van der Waals surface area contributed by atoms with Crippen molar-refractivity contribution >= 4 is 5.97 Å². The first kappa shape index (κ1) is 15.3. The molecule has 0 aromatic heterocycles. The number of aromatic carboxylic acids is 1. The van der Waals surface area contributed by atoms with Crippen LogP contribution >= 0.6 is 0 Å². The fourth-order valence-electron chi connectivity index (χ4n) is 3.04. The van der Waals surface area contributed by atoms with E-state index in [1.165, 1.54) is 33.4 Å². The fourth-order valence-corrected chi connectivity index (χ4v) is 3.04. The molecule has 0 bridgehead atoms. The molecule has 0 aliphatic carbocycles. The molecule has 2 aromatic rings. The molecule has 2 rings (SSSR count). The van der Waals surface area contributed by atoms with Crippen molar-refractivity contribution < 1.29 is 9.90 Å². The molecule has 0 aliphatic rings. The fraction of sp³-hybridized carbons (Fsp3) is 0.316. The van der Waals surface area contributed by atoms with Gasteiger partial charge in [0.2, 0.25) is 0 Å². The van der Waals surface area contributed by atoms with Gasteiger partial charge in [-0.2, -0.15) is 0 Å². The zero-order valence-corrected chi connectivity index (χ0v) is 13.6. The van der Waals surface area contributed by atoms with E-state index < -0.39 is 5.97 Å². The van der Waals surface area contributed by atoms with E-state index in [-0.39, 0.29) is 0 Å². The van der Waals surface area contributed by atoms with Crippen LogP contribution in [-0.4, -0.2) is 11.1 Å². The van der Waals surface area contributed by atoms with Crippen molar-refractivity contribution in [1.82, 2.24) is 0 Å². The van der Waals surface area contributed by atoms with Crippen molar-refractivity contribution in [3.63, 3.8) is 0 Å². The predicted octanol–water partition coefficient (Wildman–Crippen LogP) is 4.90. The van der Waals surface area contributed by atoms with Crippen molar-refractivity contribution in [2.45, 2.75) is 41.5 Å². The lowest BCUT2D eigenvalue weighted by Gasteiger charge is -2.20. The van der Waals surface area contributed by atoms with Gasteiger partial charge >= 0.3 is 5.97 Å². The predicted molar refractivity (Wildman–Crippen MR) is 87.3 cm³/mol. The second-order valence-corrected chi connectivity index (χ2v) is 5.78. The average molecular weight is 282 g/mol. The van der Waals surface area contributed by atoms with Gasteiger partial charge in [0.1, 0.15) is 0 Å². The Morgan fingerprint density at radius 3 is 1.71 bits per heavy atom. The first-order chi connectivity index (χ1) is 9.77. The van der Waals surface area contributed by atoms with E-state index in [2.05, 4.69) is 34.6 Å². The summed E-state index contributed by atoms with van der Waals surface area (Å²) in [6.07, 6.45) is 0. The summed E-state index contributed by atoms with van der Waals surface area (Å²) in [4.78, 5) is 11.4. The lowest BCUT2D eigenvalue weighted by molar-refractivity contribution is 0.0696. The van der Waals surface area contributed by atoms with Crippen LogP contribution in [0.25, 0.3) is 11.1 Å². The molecule has 0 radical (unpaired) electrons. The number of hydrogen-bond acceptors (Lipinski definition) is 1. The zero-order valence-electron chi connectivity index (χ0n) is 13.6. The third-order valence-electron chi connectivity index (χ3n) is 4.83. The molecule has 21 heavy (non-hydrogen) atoms. The Balaban J connectivity index is 2.86. The van der Waals surface area contributed by atoms with Crippen LogP contribution in [0.4, 0.5) is 0 Å². The lowest BCUT2D eigenvalue weighted by Crippen LogP contribution is -2.04. The first-order valence-corrected chi connectivity index (χ1v) is 7.17. The van der Waals surface area contributed by atoms with E-state index in [0.717, 1.165) is 11.1 Å². The standard InChI is InChI=1S/C19H22O2/c1-10-11(2)13(4)18(14(5)12(10)3)16-8-7-9-17(15(16)6)19(20)21/h7-9H,1-6H3,(H,20,21). The maximum atomic E-state index is 11.4. The Morgan fingerprint density at radius 1 is 0.762 bits per heavy atom. The van der Waals surface area contributed by atoms with Gasteiger partial charge in [0, 0.05) is 0 Å². The van der Waals surface area contributed by atoms with Gasteiger partial charge in [-0.1, -0.05) is 12.1 Å². The number of carboxylic acid groups (broad SMARTS) is 1. The van der Waals surface area contributed by atoms with Gasteiger partial charge in [-0.15, -0.1) is 0 Å². The van der Waals surface area contributed by atoms with Crippen LogP contribution in [0.5, 0.6) is 0 Å². The van der Waals surface area contributed by atoms with Crippen LogP contribution in [0.15, 0.2) is 18.2 Å². The molecule has 2 nitrogen and oxygen atoms in total. The average Bonchev–Trinajstić information content (AvgIpc) is 2.44. The van der Waals surface area contributed by atoms with E-state index >= 15 is 0 Å². The lowest BCUT2D eigenvalue weighted by atomic mass is 9.84. The van der Waals surface area contributed by atoms with Crippen molar-refractivity contribution in [3.05, 3.63) is 57.1 Å². The van der Waals surface area contributed by atoms with Crippen molar-refractivity contribution in [1.29, 1.82) is 0 Å². The molecule has 0 atom stereocenters. The largest absolute Gasteiger partial charge is 0.478 e. The number of rotatable bonds is 2. The van der Waals surface area contributed by atoms with Crippen molar-refractivity contribution in [3.8, 4) is 11.1 Å². The Hall–Kier alpha value is -2.09. The summed E-state index contributed by atoms with van der Waals surface area (Å²) in [5.74, 6) is -0.870. The van der Waals surface area contributed by atoms with Crippen molar-refractivity contribution in [2.24, 2.45) is 0 Å². The van der Waals surface area contributed by atoms with Gasteiger partial charge in [0.15, 0.2) is 0 Å². The normalized spacial score (nSPS) is 10.8. The topological polar surface area (TPSA) is 37.3 Å². The molecule has 110 valence electrons. The highest BCUT2D eigenvalue weighted by atomic mass is 16.4. The Labute approximate surface area is 126 Å². The van der Waals surface area contributed by atoms with Crippen LogP contribution < -0.4 is 0 Å². The summed E-state index contributed by atoms with van der Waals surface area (Å²) in [7, 11) is 0. The quantitative estimate of drug-likeness (QED) is 0.850. The summed E-state index contributed by atoms with van der Waals surface area (Å²) in [5.41, 5.74) is 9.78. The molecular weight excluding hydrogens is 260 g/mol. The van der Waals surface area contributed by atoms with Crippen LogP contribution in [0.1, 0.15) is 43.7 Å². The smallest absolute Gasteiger partial charge is 0.335 e. The van der Waals surface area contributed by atoms with E-state index in [0.29, 0.717) is 5.56 Å². The number of carbonyl (C=O) groups is 1. The van der Waals surface area contributed by atoms with Crippen molar-refractivity contribution in [2.75, 3.05) is 0 Å². The summed E-state index contributed by atoms with van der Waals surface area (Å²) < 4.78 is 0. The maximum absolute atomic E-state index is 11.4. The first-order valence-electron chi connectivity index (χ1n) is 7.17. The molecule has 0 spiro atoms. The Kier molecular flexibility index (Phi) is 3.91. The summed E-state index contributed by atoms with van der Waals surface area (Å²) in [6.45, 7) is 12.6. The minimum absolute atomic E-state index is 0.377. The molecule has 1 N–H and O–H groups in total. The monoisotopic (exact) mass is 282 g/mol. The van der Waals surface area contributed by atoms with E-state index in [1.54, 1.807) is 6.07 Å². The van der Waals surface area contributed by atoms with Crippen LogP contribution in [0.2, 0.25) is 0 Å². The van der Waals surface area contributed by atoms with Gasteiger partial charge < -0.3 is 5.11 Å². The van der Waals surface area contributed by atoms with E-state index in [4.69, 9.17) is 0 Å². The number of carboxylic acids is 1. The van der Waals surface area contributed by atoms with E-state index in [1.807, 2.05) is 19.1 Å². The van der Waals surface area contributed by atoms with Gasteiger partial charge in [-0.25, -0.2) is 4.79 Å². The molecule has 0 aliphatic heterocycles. The highest BCUT2D eigenvalue weighted by Crippen LogP contribution is 2.36. The Bertz CT molecular complexity index is 711. The van der Waals surface area contributed by atoms with Crippen LogP contribution in [0, 0.1) is 41.5 Å².